The Labute approximate surface area is 348 Å². The number of benzene rings is 1. The van der Waals surface area contributed by atoms with Crippen molar-refractivity contribution in [1.29, 1.82) is 0 Å². The van der Waals surface area contributed by atoms with Crippen molar-refractivity contribution in [2.75, 3.05) is 13.7 Å². The lowest BCUT2D eigenvalue weighted by Gasteiger charge is -2.36. The number of fused-ring (bicyclic) bond motifs is 9. The Morgan fingerprint density at radius 2 is 1.77 bits per heavy atom. The molecule has 0 spiro atoms. The highest BCUT2D eigenvalue weighted by Gasteiger charge is 2.67. The summed E-state index contributed by atoms with van der Waals surface area (Å²) in [6.45, 7) is 6.59. The number of hydrogen-bond acceptors (Lipinski definition) is 11. The fourth-order valence-electron chi connectivity index (χ4n) is 9.99. The van der Waals surface area contributed by atoms with E-state index in [1.807, 2.05) is 10.8 Å². The summed E-state index contributed by atoms with van der Waals surface area (Å²) in [6, 6.07) is 2.76. The number of amides is 4. The number of rotatable bonds is 7. The van der Waals surface area contributed by atoms with Crippen LogP contribution in [0.4, 0.5) is 13.6 Å². The van der Waals surface area contributed by atoms with Crippen molar-refractivity contribution < 1.29 is 50.6 Å². The summed E-state index contributed by atoms with van der Waals surface area (Å²) < 4.78 is 73.6. The Bertz CT molecular complexity index is 2170. The summed E-state index contributed by atoms with van der Waals surface area (Å²) in [7, 11) is -2.70. The fraction of sp³-hybridized carbons (Fsp3) is 0.714. The van der Waals surface area contributed by atoms with Crippen LogP contribution in [-0.4, -0.2) is 102 Å². The number of carbonyl (C=O) groups excluding carboxylic acids is 4. The Morgan fingerprint density at radius 3 is 2.45 bits per heavy atom. The molecular formula is C42H56F2N6O9S. The standard InChI is InChI=1S/C42H56F2N6O9S/c1-40(2,3)33-37(52)50-21-25(19-31(50)35(51)48-42(20-27(42)34(43)44)38(53)49-60(55,56)41(4)15-16-41)58-36-29(45-28-14-13-24(57-5)18-30(28)46-36)10-8-6-7-9-26-22-11-12-23(17-22)32(26)59-39(54)47-33/h13-14,18,22-23,25-27,31-34H,6-12,15-17,19-21H2,1-5H3,(H,47,54)(H,48,51)(H,49,53)/t22-,23+,25-,26-,27+,31+,32-,33-,42-/m1/s1. The van der Waals surface area contributed by atoms with Crippen LogP contribution in [0.5, 0.6) is 11.6 Å². The van der Waals surface area contributed by atoms with Crippen molar-refractivity contribution in [3.63, 3.8) is 0 Å². The lowest BCUT2D eigenvalue weighted by atomic mass is 9.82. The Hall–Kier alpha value is -4.35. The van der Waals surface area contributed by atoms with E-state index in [4.69, 9.17) is 24.2 Å². The van der Waals surface area contributed by atoms with Gasteiger partial charge >= 0.3 is 6.09 Å². The topological polar surface area (TPSA) is 195 Å². The Balaban J connectivity index is 1.14. The molecule has 0 radical (unpaired) electrons. The average molecular weight is 859 g/mol. The molecular weight excluding hydrogens is 803 g/mol. The first kappa shape index (κ1) is 42.3. The maximum atomic E-state index is 14.8. The van der Waals surface area contributed by atoms with Gasteiger partial charge in [0.1, 0.15) is 41.3 Å². The largest absolute Gasteiger partial charge is 0.497 e. The van der Waals surface area contributed by atoms with Gasteiger partial charge < -0.3 is 29.7 Å². The maximum absolute atomic E-state index is 14.8. The van der Waals surface area contributed by atoms with Crippen molar-refractivity contribution in [2.24, 2.45) is 29.1 Å². The molecule has 4 aliphatic carbocycles. The number of carbonyl (C=O) groups is 4. The molecule has 2 aromatic rings. The molecule has 18 heteroatoms. The van der Waals surface area contributed by atoms with Gasteiger partial charge in [0.15, 0.2) is 0 Å². The second-order valence-corrected chi connectivity index (χ2v) is 21.4. The van der Waals surface area contributed by atoms with Crippen molar-refractivity contribution in [2.45, 2.75) is 146 Å². The molecule has 328 valence electrons. The van der Waals surface area contributed by atoms with E-state index in [2.05, 4.69) is 10.6 Å². The summed E-state index contributed by atoms with van der Waals surface area (Å²) in [5.41, 5.74) is -1.40. The minimum Gasteiger partial charge on any atom is -0.497 e. The smallest absolute Gasteiger partial charge is 0.408 e. The molecule has 4 bridgehead atoms. The minimum atomic E-state index is -4.24. The van der Waals surface area contributed by atoms with Crippen molar-refractivity contribution in [3.8, 4) is 11.6 Å². The Morgan fingerprint density at radius 1 is 1.02 bits per heavy atom. The van der Waals surface area contributed by atoms with Gasteiger partial charge in [0.05, 0.1) is 35.4 Å². The zero-order valence-corrected chi connectivity index (χ0v) is 35.6. The van der Waals surface area contributed by atoms with Crippen molar-refractivity contribution in [3.05, 3.63) is 23.9 Å². The molecule has 2 aliphatic heterocycles. The summed E-state index contributed by atoms with van der Waals surface area (Å²) in [5, 5.41) is 5.30. The van der Waals surface area contributed by atoms with Crippen LogP contribution >= 0.6 is 0 Å². The fourth-order valence-corrected chi connectivity index (χ4v) is 11.3. The van der Waals surface area contributed by atoms with Gasteiger partial charge in [-0.1, -0.05) is 33.6 Å². The van der Waals surface area contributed by atoms with Gasteiger partial charge in [-0.05, 0) is 100 Å². The number of methoxy groups -OCH3 is 1. The van der Waals surface area contributed by atoms with Gasteiger partial charge in [0.2, 0.25) is 34.1 Å². The molecule has 9 atom stereocenters. The number of alkyl carbamates (subject to hydrolysis) is 1. The lowest BCUT2D eigenvalue weighted by molar-refractivity contribution is -0.143. The van der Waals surface area contributed by atoms with E-state index in [0.717, 1.165) is 44.9 Å². The molecule has 15 nitrogen and oxygen atoms in total. The van der Waals surface area contributed by atoms with Crippen molar-refractivity contribution in [1.82, 2.24) is 30.2 Å². The number of halogens is 2. The summed E-state index contributed by atoms with van der Waals surface area (Å²) in [4.78, 5) is 67.7. The molecule has 6 aliphatic rings. The molecule has 1 aromatic carbocycles. The Kier molecular flexibility index (Phi) is 11.0. The van der Waals surface area contributed by atoms with Crippen LogP contribution in [0.15, 0.2) is 18.2 Å². The van der Waals surface area contributed by atoms with E-state index in [0.29, 0.717) is 47.7 Å². The maximum Gasteiger partial charge on any atom is 0.408 e. The normalized spacial score (nSPS) is 32.8. The highest BCUT2D eigenvalue weighted by molar-refractivity contribution is 7.91. The molecule has 1 saturated heterocycles. The SMILES string of the molecule is COc1ccc2nc3c(nc2c1)O[C@@H]1C[C@@H](C(=O)N[C@]2(C(=O)NS(=O)(=O)C4(C)CC4)C[C@H]2C(F)F)N(C1)C(=O)[C@H](C(C)(C)C)NC(=O)O[C@@H]1[C@H]2CC[C@H](C2)[C@H]1CCCCC3. The molecule has 8 rings (SSSR count). The van der Waals surface area contributed by atoms with Gasteiger partial charge in [0.25, 0.3) is 5.91 Å². The van der Waals surface area contributed by atoms with Gasteiger partial charge in [-0.15, -0.1) is 0 Å². The lowest BCUT2D eigenvalue weighted by Crippen LogP contribution is -2.60. The third-order valence-corrected chi connectivity index (χ3v) is 16.2. The number of sulfonamides is 1. The van der Waals surface area contributed by atoms with E-state index < -0.39 is 86.5 Å². The molecule has 1 aromatic heterocycles. The number of hydrogen-bond donors (Lipinski definition) is 3. The first-order valence-electron chi connectivity index (χ1n) is 21.3. The molecule has 60 heavy (non-hydrogen) atoms. The number of ether oxygens (including phenoxy) is 3. The number of nitrogens with zero attached hydrogens (tertiary/aromatic N) is 3. The van der Waals surface area contributed by atoms with E-state index in [1.165, 1.54) is 18.9 Å². The van der Waals surface area contributed by atoms with Crippen LogP contribution in [0.2, 0.25) is 0 Å². The van der Waals surface area contributed by atoms with Crippen LogP contribution < -0.4 is 24.8 Å². The predicted octanol–water partition coefficient (Wildman–Crippen LogP) is 4.80. The van der Waals surface area contributed by atoms with Crippen LogP contribution in [-0.2, 0) is 35.6 Å². The molecule has 3 heterocycles. The summed E-state index contributed by atoms with van der Waals surface area (Å²) in [5.74, 6) is -2.83. The molecule has 4 amide bonds. The summed E-state index contributed by atoms with van der Waals surface area (Å²) in [6.07, 6.45) is 2.09. The highest BCUT2D eigenvalue weighted by atomic mass is 32.2. The van der Waals surface area contributed by atoms with E-state index in [-0.39, 0.29) is 36.8 Å². The van der Waals surface area contributed by atoms with Crippen molar-refractivity contribution >= 4 is 44.9 Å². The second-order valence-electron chi connectivity index (χ2n) is 19.2. The van der Waals surface area contributed by atoms with E-state index in [9.17, 15) is 36.4 Å². The number of nitrogens with one attached hydrogen (secondary N) is 3. The zero-order chi connectivity index (χ0) is 42.9. The van der Waals surface area contributed by atoms with E-state index >= 15 is 0 Å². The number of aryl methyl sites for hydroxylation is 1. The highest BCUT2D eigenvalue weighted by Crippen LogP contribution is 2.52. The van der Waals surface area contributed by atoms with Crippen LogP contribution in [0.1, 0.15) is 104 Å². The third kappa shape index (κ3) is 7.96. The van der Waals surface area contributed by atoms with Gasteiger partial charge in [0, 0.05) is 12.5 Å². The van der Waals surface area contributed by atoms with Gasteiger partial charge in [-0.3, -0.25) is 19.1 Å². The monoisotopic (exact) mass is 858 g/mol. The summed E-state index contributed by atoms with van der Waals surface area (Å²) >= 11 is 0. The van der Waals surface area contributed by atoms with Crippen LogP contribution in [0.25, 0.3) is 11.0 Å². The van der Waals surface area contributed by atoms with Gasteiger partial charge in [-0.2, -0.15) is 0 Å². The first-order valence-corrected chi connectivity index (χ1v) is 22.8. The minimum absolute atomic E-state index is 0.142. The number of aromatic nitrogens is 2. The van der Waals surface area contributed by atoms with E-state index in [1.54, 1.807) is 32.9 Å². The third-order valence-electron chi connectivity index (χ3n) is 14.0. The second kappa shape index (κ2) is 15.5. The molecule has 5 fully saturated rings. The van der Waals surface area contributed by atoms with Gasteiger partial charge in [-0.25, -0.2) is 32.0 Å². The first-order chi connectivity index (χ1) is 28.3. The van der Waals surface area contributed by atoms with Crippen LogP contribution in [0, 0.1) is 29.1 Å². The molecule has 3 N–H and O–H groups in total. The molecule has 0 unspecified atom stereocenters. The van der Waals surface area contributed by atoms with Crippen LogP contribution in [0.3, 0.4) is 0 Å². The molecule has 4 saturated carbocycles. The predicted molar refractivity (Wildman–Crippen MR) is 213 cm³/mol. The average Bonchev–Trinajstić information content (AvgIpc) is 3.94. The number of alkyl halides is 2. The zero-order valence-electron chi connectivity index (χ0n) is 34.8. The quantitative estimate of drug-likeness (QED) is 0.346.